The van der Waals surface area contributed by atoms with Crippen molar-refractivity contribution in [3.05, 3.63) is 35.4 Å². The number of halogens is 1. The highest BCUT2D eigenvalue weighted by molar-refractivity contribution is 5.33. The highest BCUT2D eigenvalue weighted by Crippen LogP contribution is 2.36. The van der Waals surface area contributed by atoms with Crippen molar-refractivity contribution in [2.45, 2.75) is 25.1 Å². The zero-order valence-electron chi connectivity index (χ0n) is 9.72. The van der Waals surface area contributed by atoms with Crippen LogP contribution >= 0.6 is 0 Å². The van der Waals surface area contributed by atoms with Crippen molar-refractivity contribution in [2.75, 3.05) is 20.1 Å². The first-order chi connectivity index (χ1) is 7.76. The van der Waals surface area contributed by atoms with E-state index in [2.05, 4.69) is 10.6 Å². The smallest absolute Gasteiger partial charge is 0.138 e. The molecule has 0 aromatic heterocycles. The van der Waals surface area contributed by atoms with Crippen molar-refractivity contribution in [3.8, 4) is 0 Å². The fraction of sp³-hybridized carbons (Fsp3) is 0.538. The third kappa shape index (κ3) is 2.25. The molecule has 0 saturated carbocycles. The summed E-state index contributed by atoms with van der Waals surface area (Å²) in [5, 5.41) is 6.30. The predicted molar refractivity (Wildman–Crippen MR) is 64.1 cm³/mol. The molecular weight excluding hydrogens is 203 g/mol. The van der Waals surface area contributed by atoms with Gasteiger partial charge in [0.05, 0.1) is 0 Å². The van der Waals surface area contributed by atoms with Gasteiger partial charge in [0.15, 0.2) is 0 Å². The second-order valence-corrected chi connectivity index (χ2v) is 4.40. The molecule has 0 amide bonds. The van der Waals surface area contributed by atoms with Gasteiger partial charge in [-0.05, 0) is 44.1 Å². The Balaban J connectivity index is 2.30. The van der Waals surface area contributed by atoms with Crippen LogP contribution in [-0.2, 0) is 12.2 Å². The van der Waals surface area contributed by atoms with Crippen molar-refractivity contribution >= 4 is 0 Å². The minimum Gasteiger partial charge on any atom is -0.316 e. The van der Waals surface area contributed by atoms with Crippen molar-refractivity contribution in [2.24, 2.45) is 0 Å². The number of piperidine rings is 1. The molecule has 2 N–H and O–H groups in total. The molecule has 1 aromatic carbocycles. The second-order valence-electron chi connectivity index (χ2n) is 4.40. The number of nitrogens with one attached hydrogen (secondary N) is 2. The van der Waals surface area contributed by atoms with Crippen LogP contribution in [-0.4, -0.2) is 20.1 Å². The molecule has 1 saturated heterocycles. The largest absolute Gasteiger partial charge is 0.316 e. The number of rotatable bonds is 3. The summed E-state index contributed by atoms with van der Waals surface area (Å²) in [5.74, 6) is 0. The summed E-state index contributed by atoms with van der Waals surface area (Å²) in [6.07, 6.45) is 1.15. The molecule has 1 fully saturated rings. The maximum Gasteiger partial charge on any atom is 0.138 e. The van der Waals surface area contributed by atoms with Crippen molar-refractivity contribution < 1.29 is 4.39 Å². The Hall–Kier alpha value is -0.930. The summed E-state index contributed by atoms with van der Waals surface area (Å²) in [5.41, 5.74) is 0.804. The Kier molecular flexibility index (Phi) is 3.56. The lowest BCUT2D eigenvalue weighted by atomic mass is 9.84. The van der Waals surface area contributed by atoms with E-state index in [1.165, 1.54) is 0 Å². The van der Waals surface area contributed by atoms with Crippen LogP contribution in [0, 0.1) is 0 Å². The maximum atomic E-state index is 14.8. The van der Waals surface area contributed by atoms with Crippen LogP contribution < -0.4 is 10.6 Å². The first kappa shape index (κ1) is 11.6. The quantitative estimate of drug-likeness (QED) is 0.817. The van der Waals surface area contributed by atoms with Crippen LogP contribution in [0.2, 0.25) is 0 Å². The molecule has 1 aliphatic heterocycles. The van der Waals surface area contributed by atoms with Gasteiger partial charge in [0.25, 0.3) is 0 Å². The summed E-state index contributed by atoms with van der Waals surface area (Å²) >= 11 is 0. The van der Waals surface area contributed by atoms with Gasteiger partial charge < -0.3 is 10.6 Å². The monoisotopic (exact) mass is 222 g/mol. The van der Waals surface area contributed by atoms with E-state index >= 15 is 0 Å². The number of hydrogen-bond donors (Lipinski definition) is 2. The summed E-state index contributed by atoms with van der Waals surface area (Å²) in [6, 6.07) is 7.84. The van der Waals surface area contributed by atoms with Crippen molar-refractivity contribution in [1.29, 1.82) is 0 Å². The molecule has 0 bridgehead atoms. The van der Waals surface area contributed by atoms with E-state index in [1.807, 2.05) is 31.3 Å². The lowest BCUT2D eigenvalue weighted by Crippen LogP contribution is -2.37. The van der Waals surface area contributed by atoms with E-state index in [0.29, 0.717) is 12.8 Å². The Bertz CT molecular complexity index is 346. The third-order valence-electron chi connectivity index (χ3n) is 3.26. The van der Waals surface area contributed by atoms with Gasteiger partial charge in [0, 0.05) is 6.54 Å². The van der Waals surface area contributed by atoms with Crippen LogP contribution in [0.3, 0.4) is 0 Å². The van der Waals surface area contributed by atoms with E-state index < -0.39 is 5.67 Å². The molecule has 2 nitrogen and oxygen atoms in total. The molecule has 0 spiro atoms. The Labute approximate surface area is 96.2 Å². The molecule has 0 unspecified atom stereocenters. The predicted octanol–water partition coefficient (Wildman–Crippen LogP) is 1.95. The van der Waals surface area contributed by atoms with Crippen LogP contribution in [0.4, 0.5) is 4.39 Å². The van der Waals surface area contributed by atoms with E-state index in [4.69, 9.17) is 0 Å². The Morgan fingerprint density at radius 3 is 2.69 bits per heavy atom. The molecular formula is C13H19FN2. The average molecular weight is 222 g/mol. The van der Waals surface area contributed by atoms with Crippen LogP contribution in [0.1, 0.15) is 24.0 Å². The first-order valence-corrected chi connectivity index (χ1v) is 5.89. The average Bonchev–Trinajstić information content (AvgIpc) is 2.31. The molecule has 1 aliphatic rings. The second kappa shape index (κ2) is 4.93. The highest BCUT2D eigenvalue weighted by atomic mass is 19.1. The normalized spacial score (nSPS) is 19.6. The van der Waals surface area contributed by atoms with E-state index in [1.54, 1.807) is 0 Å². The lowest BCUT2D eigenvalue weighted by molar-refractivity contribution is 0.114. The molecule has 88 valence electrons. The van der Waals surface area contributed by atoms with Crippen molar-refractivity contribution in [3.63, 3.8) is 0 Å². The highest BCUT2D eigenvalue weighted by Gasteiger charge is 2.34. The third-order valence-corrected chi connectivity index (χ3v) is 3.26. The van der Waals surface area contributed by atoms with Gasteiger partial charge in [-0.2, -0.15) is 0 Å². The van der Waals surface area contributed by atoms with Gasteiger partial charge in [-0.25, -0.2) is 4.39 Å². The molecule has 0 atom stereocenters. The topological polar surface area (TPSA) is 24.1 Å². The lowest BCUT2D eigenvalue weighted by Gasteiger charge is -2.32. The fourth-order valence-electron chi connectivity index (χ4n) is 2.39. The summed E-state index contributed by atoms with van der Waals surface area (Å²) in [6.45, 7) is 2.27. The number of benzene rings is 1. The Morgan fingerprint density at radius 2 is 2.00 bits per heavy atom. The zero-order valence-corrected chi connectivity index (χ0v) is 9.72. The summed E-state index contributed by atoms with van der Waals surface area (Å²) in [4.78, 5) is 0. The standard InChI is InChI=1S/C13H19FN2/c1-15-10-11-4-2-3-5-12(11)13(14)6-8-16-9-7-13/h2-5,15-16H,6-10H2,1H3. The summed E-state index contributed by atoms with van der Waals surface area (Å²) < 4.78 is 14.8. The molecule has 0 radical (unpaired) electrons. The minimum atomic E-state index is -1.14. The summed E-state index contributed by atoms with van der Waals surface area (Å²) in [7, 11) is 1.89. The number of hydrogen-bond acceptors (Lipinski definition) is 2. The van der Waals surface area contributed by atoms with Gasteiger partial charge in [-0.3, -0.25) is 0 Å². The van der Waals surface area contributed by atoms with Crippen LogP contribution in [0.5, 0.6) is 0 Å². The maximum absolute atomic E-state index is 14.8. The SMILES string of the molecule is CNCc1ccccc1C1(F)CCNCC1. The fourth-order valence-corrected chi connectivity index (χ4v) is 2.39. The molecule has 1 aromatic rings. The minimum absolute atomic E-state index is 0.577. The first-order valence-electron chi connectivity index (χ1n) is 5.89. The van der Waals surface area contributed by atoms with Gasteiger partial charge in [-0.1, -0.05) is 24.3 Å². The number of alkyl halides is 1. The van der Waals surface area contributed by atoms with Gasteiger partial charge >= 0.3 is 0 Å². The van der Waals surface area contributed by atoms with Gasteiger partial charge in [0.2, 0.25) is 0 Å². The van der Waals surface area contributed by atoms with E-state index in [9.17, 15) is 4.39 Å². The molecule has 16 heavy (non-hydrogen) atoms. The Morgan fingerprint density at radius 1 is 1.31 bits per heavy atom. The molecule has 3 heteroatoms. The van der Waals surface area contributed by atoms with Gasteiger partial charge in [0.1, 0.15) is 5.67 Å². The van der Waals surface area contributed by atoms with E-state index in [0.717, 1.165) is 30.8 Å². The molecule has 1 heterocycles. The zero-order chi connectivity index (χ0) is 11.4. The van der Waals surface area contributed by atoms with E-state index in [-0.39, 0.29) is 0 Å². The molecule has 0 aliphatic carbocycles. The van der Waals surface area contributed by atoms with Crippen LogP contribution in [0.15, 0.2) is 24.3 Å². The molecule has 2 rings (SSSR count). The van der Waals surface area contributed by atoms with Crippen LogP contribution in [0.25, 0.3) is 0 Å². The van der Waals surface area contributed by atoms with Gasteiger partial charge in [-0.15, -0.1) is 0 Å². The van der Waals surface area contributed by atoms with Crippen molar-refractivity contribution in [1.82, 2.24) is 10.6 Å².